The summed E-state index contributed by atoms with van der Waals surface area (Å²) in [5, 5.41) is 6.97. The molecular weight excluding hydrogens is 283 g/mol. The molecular formula is C10H12F3N3O2S. The van der Waals surface area contributed by atoms with E-state index < -0.39 is 32.4 Å². The SMILES string of the molecule is CN(CCC(=N)N)S(=O)(=O)c1c(F)cc(F)cc1F. The number of hydrogen-bond donors (Lipinski definition) is 2. The van der Waals surface area contributed by atoms with Crippen LogP contribution >= 0.6 is 0 Å². The van der Waals surface area contributed by atoms with Crippen molar-refractivity contribution in [1.82, 2.24) is 4.31 Å². The Labute approximate surface area is 108 Å². The lowest BCUT2D eigenvalue weighted by Gasteiger charge is -2.17. The molecule has 0 aliphatic heterocycles. The van der Waals surface area contributed by atoms with Crippen LogP contribution in [0.25, 0.3) is 0 Å². The van der Waals surface area contributed by atoms with Gasteiger partial charge < -0.3 is 5.73 Å². The van der Waals surface area contributed by atoms with Gasteiger partial charge in [0, 0.05) is 32.1 Å². The van der Waals surface area contributed by atoms with Crippen molar-refractivity contribution in [3.8, 4) is 0 Å². The second-order valence-electron chi connectivity index (χ2n) is 3.80. The molecule has 106 valence electrons. The Bertz CT molecular complexity index is 581. The molecule has 5 nitrogen and oxygen atoms in total. The van der Waals surface area contributed by atoms with E-state index in [2.05, 4.69) is 0 Å². The van der Waals surface area contributed by atoms with Crippen LogP contribution in [0.1, 0.15) is 6.42 Å². The maximum atomic E-state index is 13.4. The summed E-state index contributed by atoms with van der Waals surface area (Å²) in [5.41, 5.74) is 5.07. The smallest absolute Gasteiger partial charge is 0.248 e. The maximum absolute atomic E-state index is 13.4. The molecule has 0 radical (unpaired) electrons. The van der Waals surface area contributed by atoms with Gasteiger partial charge in [0.05, 0.1) is 5.84 Å². The fourth-order valence-corrected chi connectivity index (χ4v) is 2.58. The Balaban J connectivity index is 3.17. The van der Waals surface area contributed by atoms with Crippen molar-refractivity contribution >= 4 is 15.9 Å². The highest BCUT2D eigenvalue weighted by atomic mass is 32.2. The lowest BCUT2D eigenvalue weighted by Crippen LogP contribution is -2.31. The Morgan fingerprint density at radius 3 is 2.21 bits per heavy atom. The molecule has 1 aromatic carbocycles. The Kier molecular flexibility index (Phi) is 4.53. The van der Waals surface area contributed by atoms with E-state index in [1.165, 1.54) is 0 Å². The van der Waals surface area contributed by atoms with Gasteiger partial charge in [0.2, 0.25) is 10.0 Å². The van der Waals surface area contributed by atoms with Gasteiger partial charge in [-0.1, -0.05) is 0 Å². The summed E-state index contributed by atoms with van der Waals surface area (Å²) in [7, 11) is -3.36. The first-order valence-electron chi connectivity index (χ1n) is 5.10. The highest BCUT2D eigenvalue weighted by molar-refractivity contribution is 7.89. The van der Waals surface area contributed by atoms with E-state index >= 15 is 0 Å². The number of nitrogens with one attached hydrogen (secondary N) is 1. The first-order valence-corrected chi connectivity index (χ1v) is 6.54. The monoisotopic (exact) mass is 295 g/mol. The van der Waals surface area contributed by atoms with Crippen LogP contribution in [0.2, 0.25) is 0 Å². The first-order chi connectivity index (χ1) is 8.66. The van der Waals surface area contributed by atoms with Crippen molar-refractivity contribution in [2.45, 2.75) is 11.3 Å². The van der Waals surface area contributed by atoms with Crippen LogP contribution in [0, 0.1) is 22.9 Å². The van der Waals surface area contributed by atoms with E-state index in [1.807, 2.05) is 0 Å². The van der Waals surface area contributed by atoms with Gasteiger partial charge in [-0.15, -0.1) is 0 Å². The quantitative estimate of drug-likeness (QED) is 0.628. The zero-order valence-electron chi connectivity index (χ0n) is 9.95. The van der Waals surface area contributed by atoms with Crippen molar-refractivity contribution in [3.05, 3.63) is 29.6 Å². The molecule has 19 heavy (non-hydrogen) atoms. The van der Waals surface area contributed by atoms with Gasteiger partial charge >= 0.3 is 0 Å². The molecule has 0 saturated carbocycles. The summed E-state index contributed by atoms with van der Waals surface area (Å²) < 4.78 is 64.0. The Morgan fingerprint density at radius 1 is 1.32 bits per heavy atom. The predicted molar refractivity (Wildman–Crippen MR) is 62.7 cm³/mol. The lowest BCUT2D eigenvalue weighted by molar-refractivity contribution is 0.451. The molecule has 0 heterocycles. The second kappa shape index (κ2) is 5.57. The minimum absolute atomic E-state index is 0.0832. The fourth-order valence-electron chi connectivity index (χ4n) is 1.33. The van der Waals surface area contributed by atoms with Crippen molar-refractivity contribution in [2.24, 2.45) is 5.73 Å². The summed E-state index contributed by atoms with van der Waals surface area (Å²) in [6.07, 6.45) is -0.0832. The molecule has 1 aromatic rings. The number of nitrogens with two attached hydrogens (primary N) is 1. The maximum Gasteiger partial charge on any atom is 0.248 e. The summed E-state index contributed by atoms with van der Waals surface area (Å²) in [4.78, 5) is -1.22. The summed E-state index contributed by atoms with van der Waals surface area (Å²) >= 11 is 0. The molecule has 0 saturated heterocycles. The third kappa shape index (κ3) is 3.44. The predicted octanol–water partition coefficient (Wildman–Crippen LogP) is 1.05. The van der Waals surface area contributed by atoms with Crippen LogP contribution in [0.5, 0.6) is 0 Å². The largest absolute Gasteiger partial charge is 0.388 e. The van der Waals surface area contributed by atoms with Crippen LogP contribution in [0.4, 0.5) is 13.2 Å². The van der Waals surface area contributed by atoms with E-state index in [0.717, 1.165) is 7.05 Å². The number of amidine groups is 1. The number of hydrogen-bond acceptors (Lipinski definition) is 3. The Morgan fingerprint density at radius 2 is 1.79 bits per heavy atom. The number of sulfonamides is 1. The molecule has 1 rings (SSSR count). The van der Waals surface area contributed by atoms with Gasteiger partial charge in [0.1, 0.15) is 17.5 Å². The van der Waals surface area contributed by atoms with E-state index in [0.29, 0.717) is 4.31 Å². The Hall–Kier alpha value is -1.61. The lowest BCUT2D eigenvalue weighted by atomic mass is 10.3. The van der Waals surface area contributed by atoms with Crippen LogP contribution in [-0.2, 0) is 10.0 Å². The van der Waals surface area contributed by atoms with Crippen molar-refractivity contribution in [2.75, 3.05) is 13.6 Å². The minimum Gasteiger partial charge on any atom is -0.388 e. The van der Waals surface area contributed by atoms with E-state index in [1.54, 1.807) is 0 Å². The van der Waals surface area contributed by atoms with Gasteiger partial charge in [-0.2, -0.15) is 0 Å². The standard InChI is InChI=1S/C10H12F3N3O2S/c1-16(3-2-9(14)15)19(17,18)10-7(12)4-6(11)5-8(10)13/h4-5H,2-3H2,1H3,(H3,14,15). The van der Waals surface area contributed by atoms with Crippen LogP contribution in [0.3, 0.4) is 0 Å². The molecule has 0 bridgehead atoms. The molecule has 0 aliphatic carbocycles. The van der Waals surface area contributed by atoms with Gasteiger partial charge in [0.15, 0.2) is 4.90 Å². The molecule has 0 spiro atoms. The number of rotatable bonds is 5. The average Bonchev–Trinajstić information content (AvgIpc) is 2.23. The third-order valence-corrected chi connectivity index (χ3v) is 4.24. The normalized spacial score (nSPS) is 11.8. The number of benzene rings is 1. The van der Waals surface area contributed by atoms with Crippen LogP contribution in [0.15, 0.2) is 17.0 Å². The molecule has 0 amide bonds. The molecule has 3 N–H and O–H groups in total. The molecule has 0 unspecified atom stereocenters. The van der Waals surface area contributed by atoms with Crippen molar-refractivity contribution in [1.29, 1.82) is 5.41 Å². The summed E-state index contributed by atoms with van der Waals surface area (Å²) in [6.45, 7) is -0.214. The van der Waals surface area contributed by atoms with Crippen molar-refractivity contribution < 1.29 is 21.6 Å². The van der Waals surface area contributed by atoms with Gasteiger partial charge in [0.25, 0.3) is 0 Å². The molecule has 0 atom stereocenters. The molecule has 0 aliphatic rings. The van der Waals surface area contributed by atoms with Crippen molar-refractivity contribution in [3.63, 3.8) is 0 Å². The number of nitrogens with zero attached hydrogens (tertiary/aromatic N) is 1. The first kappa shape index (κ1) is 15.4. The zero-order valence-corrected chi connectivity index (χ0v) is 10.8. The van der Waals surface area contributed by atoms with Crippen LogP contribution < -0.4 is 5.73 Å². The minimum atomic E-state index is -4.45. The zero-order chi connectivity index (χ0) is 14.8. The summed E-state index contributed by atoms with van der Waals surface area (Å²) in [5.74, 6) is -4.48. The molecule has 0 fully saturated rings. The van der Waals surface area contributed by atoms with Crippen LogP contribution in [-0.4, -0.2) is 32.2 Å². The van der Waals surface area contributed by atoms with E-state index in [4.69, 9.17) is 11.1 Å². The van der Waals surface area contributed by atoms with Gasteiger partial charge in [-0.25, -0.2) is 25.9 Å². The van der Waals surface area contributed by atoms with Gasteiger partial charge in [-0.05, 0) is 0 Å². The topological polar surface area (TPSA) is 87.2 Å². The van der Waals surface area contributed by atoms with Gasteiger partial charge in [-0.3, -0.25) is 5.41 Å². The third-order valence-electron chi connectivity index (χ3n) is 2.33. The average molecular weight is 295 g/mol. The highest BCUT2D eigenvalue weighted by Crippen LogP contribution is 2.23. The second-order valence-corrected chi connectivity index (χ2v) is 5.78. The fraction of sp³-hybridized carbons (Fsp3) is 0.300. The van der Waals surface area contributed by atoms with E-state index in [9.17, 15) is 21.6 Å². The number of halogens is 3. The highest BCUT2D eigenvalue weighted by Gasteiger charge is 2.29. The molecule has 0 aromatic heterocycles. The van der Waals surface area contributed by atoms with E-state index in [-0.39, 0.29) is 30.9 Å². The summed E-state index contributed by atoms with van der Waals surface area (Å²) in [6, 6.07) is 0.573. The molecule has 9 heteroatoms.